The summed E-state index contributed by atoms with van der Waals surface area (Å²) in [6.07, 6.45) is 0.610. The molecule has 0 aliphatic carbocycles. The van der Waals surface area contributed by atoms with E-state index in [-0.39, 0.29) is 0 Å². The molecular formula is C13H13N5O2. The number of benzene rings is 1. The van der Waals surface area contributed by atoms with Gasteiger partial charge < -0.3 is 20.7 Å². The molecule has 0 spiro atoms. The minimum absolute atomic E-state index is 0.303. The maximum absolute atomic E-state index is 10.5. The lowest BCUT2D eigenvalue weighted by Crippen LogP contribution is -2.25. The molecule has 1 aromatic carbocycles. The van der Waals surface area contributed by atoms with Gasteiger partial charge in [0.1, 0.15) is 5.52 Å². The summed E-state index contributed by atoms with van der Waals surface area (Å²) in [7, 11) is 0. The quantitative estimate of drug-likeness (QED) is 0.668. The zero-order valence-corrected chi connectivity index (χ0v) is 10.6. The first-order valence-corrected chi connectivity index (χ1v) is 6.12. The molecule has 0 saturated carbocycles. The number of pyridine rings is 1. The van der Waals surface area contributed by atoms with Crippen LogP contribution in [0.4, 0.5) is 10.6 Å². The molecule has 7 nitrogen and oxygen atoms in total. The average Bonchev–Trinajstić information content (AvgIpc) is 2.83. The van der Waals surface area contributed by atoms with Crippen LogP contribution >= 0.6 is 0 Å². The molecule has 4 N–H and O–H groups in total. The molecule has 2 aromatic heterocycles. The van der Waals surface area contributed by atoms with Crippen LogP contribution in [-0.4, -0.2) is 32.3 Å². The number of hydrogen-bond acceptors (Lipinski definition) is 4. The number of nitrogens with two attached hydrogens (primary N) is 1. The highest BCUT2D eigenvalue weighted by Crippen LogP contribution is 2.26. The number of fused-ring (bicyclic) bond motifs is 3. The van der Waals surface area contributed by atoms with E-state index in [9.17, 15) is 4.79 Å². The number of nitrogens with zero attached hydrogens (tertiary/aromatic N) is 3. The molecule has 0 aliphatic heterocycles. The maximum atomic E-state index is 10.5. The summed E-state index contributed by atoms with van der Waals surface area (Å²) in [6, 6.07) is 7.66. The van der Waals surface area contributed by atoms with E-state index in [0.29, 0.717) is 24.4 Å². The molecule has 20 heavy (non-hydrogen) atoms. The first kappa shape index (κ1) is 12.2. The molecule has 0 fully saturated rings. The van der Waals surface area contributed by atoms with E-state index in [2.05, 4.69) is 15.3 Å². The Morgan fingerprint density at radius 3 is 3.00 bits per heavy atom. The van der Waals surface area contributed by atoms with Crippen molar-refractivity contribution in [2.45, 2.75) is 6.54 Å². The molecule has 3 aromatic rings. The van der Waals surface area contributed by atoms with E-state index in [4.69, 9.17) is 10.8 Å². The summed E-state index contributed by atoms with van der Waals surface area (Å²) in [4.78, 5) is 19.1. The number of imidazole rings is 1. The predicted octanol–water partition coefficient (Wildman–Crippen LogP) is 1.43. The Labute approximate surface area is 114 Å². The summed E-state index contributed by atoms with van der Waals surface area (Å²) in [6.45, 7) is 0.785. The van der Waals surface area contributed by atoms with Gasteiger partial charge >= 0.3 is 6.09 Å². The fraction of sp³-hybridized carbons (Fsp3) is 0.154. The summed E-state index contributed by atoms with van der Waals surface area (Å²) < 4.78 is 1.88. The number of para-hydroxylation sites is 1. The molecule has 0 unspecified atom stereocenters. The third-order valence-electron chi connectivity index (χ3n) is 3.11. The molecular weight excluding hydrogens is 258 g/mol. The maximum Gasteiger partial charge on any atom is 0.404 e. The van der Waals surface area contributed by atoms with E-state index in [1.165, 1.54) is 0 Å². The van der Waals surface area contributed by atoms with E-state index >= 15 is 0 Å². The number of carboxylic acid groups (broad SMARTS) is 1. The Balaban J connectivity index is 2.11. The number of nitrogen functional groups attached to an aromatic ring is 1. The van der Waals surface area contributed by atoms with Crippen molar-refractivity contribution >= 4 is 33.8 Å². The monoisotopic (exact) mass is 271 g/mol. The molecule has 0 radical (unpaired) electrons. The summed E-state index contributed by atoms with van der Waals surface area (Å²) >= 11 is 0. The zero-order valence-electron chi connectivity index (χ0n) is 10.6. The van der Waals surface area contributed by atoms with Gasteiger partial charge in [0.05, 0.1) is 17.4 Å². The number of rotatable bonds is 3. The van der Waals surface area contributed by atoms with Crippen molar-refractivity contribution in [1.29, 1.82) is 0 Å². The van der Waals surface area contributed by atoms with Crippen LogP contribution in [-0.2, 0) is 6.54 Å². The van der Waals surface area contributed by atoms with Crippen LogP contribution in [0.15, 0.2) is 30.6 Å². The normalized spacial score (nSPS) is 11.0. The first-order chi connectivity index (χ1) is 9.66. The highest BCUT2D eigenvalue weighted by atomic mass is 16.4. The second-order valence-electron chi connectivity index (χ2n) is 4.38. The molecule has 3 rings (SSSR count). The number of carbonyl (C=O) groups is 1. The van der Waals surface area contributed by atoms with Crippen LogP contribution in [0.25, 0.3) is 21.9 Å². The third kappa shape index (κ3) is 1.99. The van der Waals surface area contributed by atoms with Gasteiger partial charge in [-0.25, -0.2) is 14.8 Å². The number of anilines is 1. The number of nitrogens with one attached hydrogen (secondary N) is 1. The molecule has 1 amide bonds. The lowest BCUT2D eigenvalue weighted by atomic mass is 10.2. The summed E-state index contributed by atoms with van der Waals surface area (Å²) in [5.74, 6) is 0.378. The van der Waals surface area contributed by atoms with Crippen molar-refractivity contribution in [3.8, 4) is 0 Å². The Morgan fingerprint density at radius 1 is 1.40 bits per heavy atom. The van der Waals surface area contributed by atoms with Gasteiger partial charge in [-0.1, -0.05) is 18.2 Å². The fourth-order valence-electron chi connectivity index (χ4n) is 2.26. The second kappa shape index (κ2) is 4.69. The first-order valence-electron chi connectivity index (χ1n) is 6.12. The van der Waals surface area contributed by atoms with E-state index in [1.807, 2.05) is 28.8 Å². The molecule has 102 valence electrons. The van der Waals surface area contributed by atoms with Gasteiger partial charge in [-0.3, -0.25) is 0 Å². The van der Waals surface area contributed by atoms with Gasteiger partial charge in [0.2, 0.25) is 0 Å². The van der Waals surface area contributed by atoms with Crippen molar-refractivity contribution in [2.75, 3.05) is 12.3 Å². The standard InChI is InChI=1S/C13H13N5O2/c14-12-10-11(8-3-1-2-4-9(8)17-12)18(7-16-10)6-5-15-13(19)20/h1-4,7,15H,5-6H2,(H2,14,17)(H,19,20). The van der Waals surface area contributed by atoms with Gasteiger partial charge in [-0.15, -0.1) is 0 Å². The van der Waals surface area contributed by atoms with Gasteiger partial charge in [0, 0.05) is 18.5 Å². The average molecular weight is 271 g/mol. The van der Waals surface area contributed by atoms with Crippen molar-refractivity contribution in [2.24, 2.45) is 0 Å². The molecule has 2 heterocycles. The predicted molar refractivity (Wildman–Crippen MR) is 75.5 cm³/mol. The second-order valence-corrected chi connectivity index (χ2v) is 4.38. The highest BCUT2D eigenvalue weighted by molar-refractivity contribution is 6.06. The minimum Gasteiger partial charge on any atom is -0.465 e. The lowest BCUT2D eigenvalue weighted by molar-refractivity contribution is 0.194. The van der Waals surface area contributed by atoms with Crippen LogP contribution in [0.5, 0.6) is 0 Å². The van der Waals surface area contributed by atoms with Crippen molar-refractivity contribution in [3.05, 3.63) is 30.6 Å². The Kier molecular flexibility index (Phi) is 2.86. The summed E-state index contributed by atoms with van der Waals surface area (Å²) in [5, 5.41) is 11.9. The Morgan fingerprint density at radius 2 is 2.20 bits per heavy atom. The minimum atomic E-state index is -1.04. The highest BCUT2D eigenvalue weighted by Gasteiger charge is 2.11. The third-order valence-corrected chi connectivity index (χ3v) is 3.11. The number of amides is 1. The van der Waals surface area contributed by atoms with E-state index in [0.717, 1.165) is 16.4 Å². The van der Waals surface area contributed by atoms with Gasteiger partial charge in [-0.2, -0.15) is 0 Å². The topological polar surface area (TPSA) is 106 Å². The molecule has 0 saturated heterocycles. The van der Waals surface area contributed by atoms with Crippen LogP contribution in [0.1, 0.15) is 0 Å². The van der Waals surface area contributed by atoms with Gasteiger partial charge in [-0.05, 0) is 6.07 Å². The largest absolute Gasteiger partial charge is 0.465 e. The van der Waals surface area contributed by atoms with Gasteiger partial charge in [0.15, 0.2) is 5.82 Å². The van der Waals surface area contributed by atoms with E-state index < -0.39 is 6.09 Å². The van der Waals surface area contributed by atoms with Gasteiger partial charge in [0.25, 0.3) is 0 Å². The smallest absolute Gasteiger partial charge is 0.404 e. The van der Waals surface area contributed by atoms with Crippen molar-refractivity contribution < 1.29 is 9.90 Å². The number of hydrogen-bond donors (Lipinski definition) is 3. The number of aromatic nitrogens is 3. The molecule has 0 atom stereocenters. The molecule has 0 aliphatic rings. The lowest BCUT2D eigenvalue weighted by Gasteiger charge is -2.07. The van der Waals surface area contributed by atoms with Crippen molar-refractivity contribution in [1.82, 2.24) is 19.9 Å². The SMILES string of the molecule is Nc1nc2ccccc2c2c1ncn2CCNC(=O)O. The van der Waals surface area contributed by atoms with Crippen LogP contribution in [0.2, 0.25) is 0 Å². The molecule has 0 bridgehead atoms. The van der Waals surface area contributed by atoms with Crippen molar-refractivity contribution in [3.63, 3.8) is 0 Å². The van der Waals surface area contributed by atoms with Crippen LogP contribution in [0, 0.1) is 0 Å². The fourth-order valence-corrected chi connectivity index (χ4v) is 2.26. The van der Waals surface area contributed by atoms with Crippen LogP contribution in [0.3, 0.4) is 0 Å². The van der Waals surface area contributed by atoms with Crippen LogP contribution < -0.4 is 11.1 Å². The zero-order chi connectivity index (χ0) is 14.1. The van der Waals surface area contributed by atoms with E-state index in [1.54, 1.807) is 6.33 Å². The Hall–Kier alpha value is -2.83. The Bertz CT molecular complexity index is 796. The summed E-state index contributed by atoms with van der Waals surface area (Å²) in [5.41, 5.74) is 8.23. The molecule has 7 heteroatoms.